The quantitative estimate of drug-likeness (QED) is 0.300. The van der Waals surface area contributed by atoms with Crippen LogP contribution in [-0.4, -0.2) is 0 Å². The molecule has 0 radical (unpaired) electrons. The van der Waals surface area contributed by atoms with E-state index < -0.39 is 0 Å². The van der Waals surface area contributed by atoms with Crippen LogP contribution in [0.15, 0.2) is 103 Å². The third-order valence-electron chi connectivity index (χ3n) is 6.09. The van der Waals surface area contributed by atoms with Crippen LogP contribution in [0, 0.1) is 6.92 Å². The second kappa shape index (κ2) is 10.2. The van der Waals surface area contributed by atoms with Crippen LogP contribution >= 0.6 is 0 Å². The first-order valence-electron chi connectivity index (χ1n) is 11.7. The van der Waals surface area contributed by atoms with Gasteiger partial charge in [0, 0.05) is 28.8 Å². The molecular formula is C31H32N2. The first kappa shape index (κ1) is 22.4. The van der Waals surface area contributed by atoms with Gasteiger partial charge in [-0.25, -0.2) is 0 Å². The predicted octanol–water partition coefficient (Wildman–Crippen LogP) is 7.93. The highest BCUT2D eigenvalue weighted by molar-refractivity contribution is 5.84. The Balaban J connectivity index is 1.89. The standard InChI is InChI=1S/C31H32N2/c1-4-24-8-12-26(13-9-24)31(27-14-10-25(5-2)11-15-27)22-33(29-18-6-23(3)7-19-29)30-20-16-28(32)17-21-30/h6-22H,4-5,32H2,1-3H3. The van der Waals surface area contributed by atoms with Gasteiger partial charge in [0.1, 0.15) is 0 Å². The Morgan fingerprint density at radius 1 is 0.636 bits per heavy atom. The summed E-state index contributed by atoms with van der Waals surface area (Å²) in [5.41, 5.74) is 16.4. The number of nitrogens with zero attached hydrogens (tertiary/aromatic N) is 1. The Bertz CT molecular complexity index is 1110. The Morgan fingerprint density at radius 3 is 1.48 bits per heavy atom. The van der Waals surface area contributed by atoms with E-state index in [0.29, 0.717) is 0 Å². The van der Waals surface area contributed by atoms with Gasteiger partial charge in [-0.15, -0.1) is 0 Å². The van der Waals surface area contributed by atoms with Crippen molar-refractivity contribution in [3.8, 4) is 0 Å². The normalized spacial score (nSPS) is 10.6. The average molecular weight is 433 g/mol. The van der Waals surface area contributed by atoms with Gasteiger partial charge in [0.25, 0.3) is 0 Å². The van der Waals surface area contributed by atoms with Crippen LogP contribution in [-0.2, 0) is 12.8 Å². The minimum absolute atomic E-state index is 0.761. The van der Waals surface area contributed by atoms with Gasteiger partial charge in [0.05, 0.1) is 0 Å². The van der Waals surface area contributed by atoms with Crippen LogP contribution in [0.4, 0.5) is 17.1 Å². The Labute approximate surface area is 198 Å². The van der Waals surface area contributed by atoms with Crippen molar-refractivity contribution in [2.45, 2.75) is 33.6 Å². The lowest BCUT2D eigenvalue weighted by molar-refractivity contribution is 1.14. The number of nitrogens with two attached hydrogens (primary N) is 1. The largest absolute Gasteiger partial charge is 0.399 e. The maximum absolute atomic E-state index is 5.99. The summed E-state index contributed by atoms with van der Waals surface area (Å²) in [5.74, 6) is 0. The van der Waals surface area contributed by atoms with E-state index in [2.05, 4.69) is 117 Å². The summed E-state index contributed by atoms with van der Waals surface area (Å²) >= 11 is 0. The molecule has 2 N–H and O–H groups in total. The van der Waals surface area contributed by atoms with Crippen molar-refractivity contribution in [1.29, 1.82) is 0 Å². The SMILES string of the molecule is CCc1ccc(C(=CN(c2ccc(C)cc2)c2ccc(N)cc2)c2ccc(CC)cc2)cc1. The molecule has 4 rings (SSSR count). The number of hydrogen-bond acceptors (Lipinski definition) is 2. The van der Waals surface area contributed by atoms with Crippen LogP contribution in [0.25, 0.3) is 5.57 Å². The van der Waals surface area contributed by atoms with Gasteiger partial charge in [-0.2, -0.15) is 0 Å². The molecular weight excluding hydrogens is 400 g/mol. The Morgan fingerprint density at radius 2 is 1.06 bits per heavy atom. The van der Waals surface area contributed by atoms with E-state index in [9.17, 15) is 0 Å². The topological polar surface area (TPSA) is 29.3 Å². The lowest BCUT2D eigenvalue weighted by Crippen LogP contribution is -2.10. The molecule has 0 aliphatic rings. The molecule has 4 aromatic carbocycles. The molecule has 2 nitrogen and oxygen atoms in total. The van der Waals surface area contributed by atoms with Crippen molar-refractivity contribution in [1.82, 2.24) is 0 Å². The van der Waals surface area contributed by atoms with E-state index in [1.54, 1.807) is 0 Å². The zero-order valence-electron chi connectivity index (χ0n) is 19.8. The monoisotopic (exact) mass is 432 g/mol. The van der Waals surface area contributed by atoms with Gasteiger partial charge in [-0.05, 0) is 78.4 Å². The highest BCUT2D eigenvalue weighted by Gasteiger charge is 2.12. The number of hydrogen-bond donors (Lipinski definition) is 1. The molecule has 4 aromatic rings. The van der Waals surface area contributed by atoms with E-state index in [-0.39, 0.29) is 0 Å². The van der Waals surface area contributed by atoms with Crippen LogP contribution in [0.3, 0.4) is 0 Å². The maximum Gasteiger partial charge on any atom is 0.0457 e. The lowest BCUT2D eigenvalue weighted by atomic mass is 9.96. The molecule has 0 aliphatic heterocycles. The predicted molar refractivity (Wildman–Crippen MR) is 143 cm³/mol. The molecule has 166 valence electrons. The van der Waals surface area contributed by atoms with Gasteiger partial charge in [0.2, 0.25) is 0 Å². The summed E-state index contributed by atoms with van der Waals surface area (Å²) in [5, 5.41) is 0. The number of rotatable bonds is 7. The molecule has 0 heterocycles. The highest BCUT2D eigenvalue weighted by atomic mass is 15.1. The molecule has 0 fully saturated rings. The second-order valence-electron chi connectivity index (χ2n) is 8.44. The molecule has 0 saturated heterocycles. The van der Waals surface area contributed by atoms with Gasteiger partial charge < -0.3 is 10.6 Å². The molecule has 0 aromatic heterocycles. The van der Waals surface area contributed by atoms with Crippen molar-refractivity contribution in [3.63, 3.8) is 0 Å². The number of aryl methyl sites for hydroxylation is 3. The van der Waals surface area contributed by atoms with Gasteiger partial charge >= 0.3 is 0 Å². The summed E-state index contributed by atoms with van der Waals surface area (Å²) in [6.45, 7) is 6.49. The van der Waals surface area contributed by atoms with E-state index >= 15 is 0 Å². The first-order chi connectivity index (χ1) is 16.1. The van der Waals surface area contributed by atoms with Crippen molar-refractivity contribution in [3.05, 3.63) is 131 Å². The van der Waals surface area contributed by atoms with E-state index in [0.717, 1.165) is 29.9 Å². The van der Waals surface area contributed by atoms with Crippen LogP contribution < -0.4 is 10.6 Å². The maximum atomic E-state index is 5.99. The fourth-order valence-electron chi connectivity index (χ4n) is 3.92. The van der Waals surface area contributed by atoms with E-state index in [1.807, 2.05) is 12.1 Å². The third kappa shape index (κ3) is 5.35. The highest BCUT2D eigenvalue weighted by Crippen LogP contribution is 2.32. The van der Waals surface area contributed by atoms with Crippen molar-refractivity contribution >= 4 is 22.6 Å². The number of nitrogen functional groups attached to an aromatic ring is 1. The Kier molecular flexibility index (Phi) is 6.95. The second-order valence-corrected chi connectivity index (χ2v) is 8.44. The van der Waals surface area contributed by atoms with Crippen LogP contribution in [0.1, 0.15) is 41.7 Å². The van der Waals surface area contributed by atoms with Crippen LogP contribution in [0.2, 0.25) is 0 Å². The molecule has 33 heavy (non-hydrogen) atoms. The van der Waals surface area contributed by atoms with Crippen molar-refractivity contribution in [2.75, 3.05) is 10.6 Å². The number of benzene rings is 4. The van der Waals surface area contributed by atoms with Crippen LogP contribution in [0.5, 0.6) is 0 Å². The van der Waals surface area contributed by atoms with E-state index in [1.165, 1.54) is 33.4 Å². The summed E-state index contributed by atoms with van der Waals surface area (Å²) in [6, 6.07) is 34.5. The smallest absolute Gasteiger partial charge is 0.0457 e. The van der Waals surface area contributed by atoms with Crippen molar-refractivity contribution < 1.29 is 0 Å². The fraction of sp³-hybridized carbons (Fsp3) is 0.161. The molecule has 2 heteroatoms. The summed E-state index contributed by atoms with van der Waals surface area (Å²) in [6.07, 6.45) is 4.31. The molecule has 0 bridgehead atoms. The van der Waals surface area contributed by atoms with E-state index in [4.69, 9.17) is 5.73 Å². The zero-order valence-corrected chi connectivity index (χ0v) is 19.8. The molecule has 0 spiro atoms. The summed E-state index contributed by atoms with van der Waals surface area (Å²) in [7, 11) is 0. The average Bonchev–Trinajstić information content (AvgIpc) is 2.86. The molecule has 0 amide bonds. The minimum Gasteiger partial charge on any atom is -0.399 e. The fourth-order valence-corrected chi connectivity index (χ4v) is 3.92. The Hall–Kier alpha value is -3.78. The third-order valence-corrected chi connectivity index (χ3v) is 6.09. The molecule has 0 atom stereocenters. The van der Waals surface area contributed by atoms with Crippen molar-refractivity contribution in [2.24, 2.45) is 0 Å². The van der Waals surface area contributed by atoms with Gasteiger partial charge in [-0.1, -0.05) is 80.1 Å². The van der Waals surface area contributed by atoms with Gasteiger partial charge in [-0.3, -0.25) is 0 Å². The molecule has 0 saturated carbocycles. The lowest BCUT2D eigenvalue weighted by Gasteiger charge is -2.24. The number of anilines is 3. The first-order valence-corrected chi connectivity index (χ1v) is 11.7. The molecule has 0 unspecified atom stereocenters. The zero-order chi connectivity index (χ0) is 23.2. The molecule has 0 aliphatic carbocycles. The minimum atomic E-state index is 0.761. The van der Waals surface area contributed by atoms with Gasteiger partial charge in [0.15, 0.2) is 0 Å². The summed E-state index contributed by atoms with van der Waals surface area (Å²) < 4.78 is 0. The summed E-state index contributed by atoms with van der Waals surface area (Å²) in [4.78, 5) is 2.25.